The third-order valence-electron chi connectivity index (χ3n) is 3.40. The van der Waals surface area contributed by atoms with Gasteiger partial charge in [-0.2, -0.15) is 0 Å². The van der Waals surface area contributed by atoms with E-state index in [4.69, 9.17) is 11.6 Å². The molecule has 0 atom stereocenters. The number of amides is 1. The Morgan fingerprint density at radius 3 is 2.87 bits per heavy atom. The van der Waals surface area contributed by atoms with Crippen molar-refractivity contribution in [3.05, 3.63) is 46.7 Å². The second-order valence-electron chi connectivity index (χ2n) is 5.31. The van der Waals surface area contributed by atoms with Crippen LogP contribution in [0.3, 0.4) is 0 Å². The SMILES string of the molecule is CCCCCNC(=O)c1ccnc(Nc2cc(Cl)ccc2C)n1. The van der Waals surface area contributed by atoms with Gasteiger partial charge in [-0.25, -0.2) is 9.97 Å². The van der Waals surface area contributed by atoms with E-state index in [2.05, 4.69) is 27.5 Å². The average Bonchev–Trinajstić information content (AvgIpc) is 2.55. The molecule has 0 bridgehead atoms. The molecule has 2 rings (SSSR count). The van der Waals surface area contributed by atoms with E-state index in [9.17, 15) is 4.79 Å². The zero-order valence-corrected chi connectivity index (χ0v) is 14.2. The van der Waals surface area contributed by atoms with Crippen molar-refractivity contribution in [3.8, 4) is 0 Å². The zero-order chi connectivity index (χ0) is 16.7. The summed E-state index contributed by atoms with van der Waals surface area (Å²) < 4.78 is 0. The molecular formula is C17H21ClN4O. The quantitative estimate of drug-likeness (QED) is 0.749. The van der Waals surface area contributed by atoms with Gasteiger partial charge in [0.15, 0.2) is 0 Å². The Hall–Kier alpha value is -2.14. The number of aryl methyl sites for hydroxylation is 1. The minimum Gasteiger partial charge on any atom is -0.351 e. The Labute approximate surface area is 141 Å². The van der Waals surface area contributed by atoms with Crippen LogP contribution >= 0.6 is 11.6 Å². The number of aromatic nitrogens is 2. The number of hydrogen-bond acceptors (Lipinski definition) is 4. The molecule has 1 heterocycles. The van der Waals surface area contributed by atoms with E-state index in [0.717, 1.165) is 30.5 Å². The number of carbonyl (C=O) groups is 1. The number of nitrogens with zero attached hydrogens (tertiary/aromatic N) is 2. The first-order chi connectivity index (χ1) is 11.1. The lowest BCUT2D eigenvalue weighted by atomic mass is 10.2. The summed E-state index contributed by atoms with van der Waals surface area (Å²) in [6, 6.07) is 7.14. The number of rotatable bonds is 7. The number of hydrogen-bond donors (Lipinski definition) is 2. The van der Waals surface area contributed by atoms with Gasteiger partial charge in [0, 0.05) is 23.5 Å². The molecule has 0 saturated carbocycles. The van der Waals surface area contributed by atoms with Crippen LogP contribution in [0, 0.1) is 6.92 Å². The summed E-state index contributed by atoms with van der Waals surface area (Å²) >= 11 is 6.00. The van der Waals surface area contributed by atoms with Crippen molar-refractivity contribution in [1.29, 1.82) is 0 Å². The molecule has 0 radical (unpaired) electrons. The van der Waals surface area contributed by atoms with E-state index in [1.165, 1.54) is 0 Å². The Morgan fingerprint density at radius 1 is 1.26 bits per heavy atom. The van der Waals surface area contributed by atoms with Gasteiger partial charge >= 0.3 is 0 Å². The van der Waals surface area contributed by atoms with Crippen LogP contribution in [0.1, 0.15) is 42.2 Å². The summed E-state index contributed by atoms with van der Waals surface area (Å²) in [6.45, 7) is 4.75. The van der Waals surface area contributed by atoms with E-state index < -0.39 is 0 Å². The Balaban J connectivity index is 2.04. The van der Waals surface area contributed by atoms with E-state index in [-0.39, 0.29) is 5.91 Å². The average molecular weight is 333 g/mol. The van der Waals surface area contributed by atoms with Crippen molar-refractivity contribution in [3.63, 3.8) is 0 Å². The Morgan fingerprint density at radius 2 is 2.09 bits per heavy atom. The molecule has 1 aromatic carbocycles. The molecule has 23 heavy (non-hydrogen) atoms. The molecule has 122 valence electrons. The van der Waals surface area contributed by atoms with Gasteiger partial charge in [0.2, 0.25) is 5.95 Å². The highest BCUT2D eigenvalue weighted by Crippen LogP contribution is 2.22. The first-order valence-electron chi connectivity index (χ1n) is 7.74. The fraction of sp³-hybridized carbons (Fsp3) is 0.353. The minimum absolute atomic E-state index is 0.186. The van der Waals surface area contributed by atoms with Crippen molar-refractivity contribution in [2.75, 3.05) is 11.9 Å². The lowest BCUT2D eigenvalue weighted by Gasteiger charge is -2.09. The van der Waals surface area contributed by atoms with Crippen molar-refractivity contribution >= 4 is 29.1 Å². The number of nitrogens with one attached hydrogen (secondary N) is 2. The number of halogens is 1. The van der Waals surface area contributed by atoms with Crippen LogP contribution in [0.4, 0.5) is 11.6 Å². The van der Waals surface area contributed by atoms with Gasteiger partial charge in [-0.05, 0) is 37.1 Å². The topological polar surface area (TPSA) is 66.9 Å². The molecule has 2 aromatic rings. The van der Waals surface area contributed by atoms with E-state index in [1.54, 1.807) is 18.3 Å². The van der Waals surface area contributed by atoms with Gasteiger partial charge < -0.3 is 10.6 Å². The highest BCUT2D eigenvalue weighted by Gasteiger charge is 2.09. The van der Waals surface area contributed by atoms with Crippen LogP contribution in [0.5, 0.6) is 0 Å². The molecule has 5 nitrogen and oxygen atoms in total. The van der Waals surface area contributed by atoms with Gasteiger partial charge in [-0.15, -0.1) is 0 Å². The van der Waals surface area contributed by atoms with Crippen LogP contribution in [-0.4, -0.2) is 22.4 Å². The van der Waals surface area contributed by atoms with Gasteiger partial charge in [-0.1, -0.05) is 37.4 Å². The molecule has 1 aromatic heterocycles. The summed E-state index contributed by atoms with van der Waals surface area (Å²) in [6.07, 6.45) is 4.76. The van der Waals surface area contributed by atoms with Gasteiger partial charge in [0.1, 0.15) is 5.69 Å². The van der Waals surface area contributed by atoms with E-state index in [0.29, 0.717) is 23.2 Å². The number of unbranched alkanes of at least 4 members (excludes halogenated alkanes) is 2. The molecular weight excluding hydrogens is 312 g/mol. The maximum Gasteiger partial charge on any atom is 0.270 e. The van der Waals surface area contributed by atoms with Crippen molar-refractivity contribution in [1.82, 2.24) is 15.3 Å². The highest BCUT2D eigenvalue weighted by molar-refractivity contribution is 6.30. The summed E-state index contributed by atoms with van der Waals surface area (Å²) in [5.41, 5.74) is 2.18. The summed E-state index contributed by atoms with van der Waals surface area (Å²) in [4.78, 5) is 20.5. The van der Waals surface area contributed by atoms with Gasteiger partial charge in [0.25, 0.3) is 5.91 Å². The van der Waals surface area contributed by atoms with Crippen LogP contribution in [-0.2, 0) is 0 Å². The third-order valence-corrected chi connectivity index (χ3v) is 3.64. The zero-order valence-electron chi connectivity index (χ0n) is 13.4. The molecule has 2 N–H and O–H groups in total. The van der Waals surface area contributed by atoms with Crippen molar-refractivity contribution in [2.24, 2.45) is 0 Å². The second-order valence-corrected chi connectivity index (χ2v) is 5.75. The lowest BCUT2D eigenvalue weighted by Crippen LogP contribution is -2.25. The highest BCUT2D eigenvalue weighted by atomic mass is 35.5. The monoisotopic (exact) mass is 332 g/mol. The Bertz CT molecular complexity index is 675. The molecule has 0 aliphatic heterocycles. The first-order valence-corrected chi connectivity index (χ1v) is 8.12. The predicted octanol–water partition coefficient (Wildman–Crippen LogP) is 4.10. The number of anilines is 2. The fourth-order valence-corrected chi connectivity index (χ4v) is 2.23. The molecule has 1 amide bonds. The number of carbonyl (C=O) groups excluding carboxylic acids is 1. The molecule has 0 aliphatic rings. The Kier molecular flexibility index (Phi) is 6.35. The van der Waals surface area contributed by atoms with Gasteiger partial charge in [0.05, 0.1) is 0 Å². The van der Waals surface area contributed by atoms with Crippen LogP contribution < -0.4 is 10.6 Å². The molecule has 0 aliphatic carbocycles. The largest absolute Gasteiger partial charge is 0.351 e. The molecule has 0 unspecified atom stereocenters. The lowest BCUT2D eigenvalue weighted by molar-refractivity contribution is 0.0948. The van der Waals surface area contributed by atoms with Gasteiger partial charge in [-0.3, -0.25) is 4.79 Å². The summed E-state index contributed by atoms with van der Waals surface area (Å²) in [7, 11) is 0. The minimum atomic E-state index is -0.186. The number of benzene rings is 1. The fourth-order valence-electron chi connectivity index (χ4n) is 2.06. The van der Waals surface area contributed by atoms with E-state index in [1.807, 2.05) is 19.1 Å². The third kappa shape index (κ3) is 5.21. The maximum atomic E-state index is 12.1. The summed E-state index contributed by atoms with van der Waals surface area (Å²) in [5.74, 6) is 0.186. The summed E-state index contributed by atoms with van der Waals surface area (Å²) in [5, 5.41) is 6.59. The normalized spacial score (nSPS) is 10.4. The smallest absolute Gasteiger partial charge is 0.270 e. The van der Waals surface area contributed by atoms with Crippen LogP contribution in [0.15, 0.2) is 30.5 Å². The van der Waals surface area contributed by atoms with Crippen molar-refractivity contribution < 1.29 is 4.79 Å². The molecule has 0 fully saturated rings. The predicted molar refractivity (Wildman–Crippen MR) is 93.4 cm³/mol. The van der Waals surface area contributed by atoms with Crippen LogP contribution in [0.25, 0.3) is 0 Å². The standard InChI is InChI=1S/C17H21ClN4O/c1-3-4-5-9-19-16(23)14-8-10-20-17(21-14)22-15-11-13(18)7-6-12(15)2/h6-8,10-11H,3-5,9H2,1-2H3,(H,19,23)(H,20,21,22). The van der Waals surface area contributed by atoms with Crippen molar-refractivity contribution in [2.45, 2.75) is 33.1 Å². The maximum absolute atomic E-state index is 12.1. The first kappa shape index (κ1) is 17.2. The molecule has 6 heteroatoms. The molecule has 0 saturated heterocycles. The van der Waals surface area contributed by atoms with E-state index >= 15 is 0 Å². The molecule has 0 spiro atoms. The van der Waals surface area contributed by atoms with Crippen LogP contribution in [0.2, 0.25) is 5.02 Å². The second kappa shape index (κ2) is 8.48.